The first kappa shape index (κ1) is 13.4. The number of nitrogens with one attached hydrogen (secondary N) is 1. The second-order valence-corrected chi connectivity index (χ2v) is 4.16. The molecule has 90 valence electrons. The minimum atomic E-state index is 0.00843. The van der Waals surface area contributed by atoms with E-state index in [1.165, 1.54) is 0 Å². The van der Waals surface area contributed by atoms with Crippen LogP contribution in [0.3, 0.4) is 0 Å². The van der Waals surface area contributed by atoms with Crippen LogP contribution in [0.1, 0.15) is 6.92 Å². The maximum atomic E-state index is 11.6. The Morgan fingerprint density at radius 2 is 2.31 bits per heavy atom. The minimum absolute atomic E-state index is 0.00843. The van der Waals surface area contributed by atoms with E-state index >= 15 is 0 Å². The van der Waals surface area contributed by atoms with E-state index in [-0.39, 0.29) is 5.56 Å². The van der Waals surface area contributed by atoms with Gasteiger partial charge in [-0.05, 0) is 35.0 Å². The van der Waals surface area contributed by atoms with Gasteiger partial charge in [0.25, 0.3) is 5.56 Å². The van der Waals surface area contributed by atoms with Gasteiger partial charge < -0.3 is 14.6 Å². The average molecular weight is 289 g/mol. The first-order chi connectivity index (χ1) is 7.75. The summed E-state index contributed by atoms with van der Waals surface area (Å²) >= 11 is 3.22. The molecule has 1 N–H and O–H groups in total. The number of pyridine rings is 1. The predicted octanol–water partition coefficient (Wildman–Crippen LogP) is 1.24. The Morgan fingerprint density at radius 1 is 1.50 bits per heavy atom. The summed E-state index contributed by atoms with van der Waals surface area (Å²) in [6.45, 7) is 5.68. The SMILES string of the molecule is CCOCCNCCn1cccc(Br)c1=O. The van der Waals surface area contributed by atoms with Gasteiger partial charge in [-0.1, -0.05) is 0 Å². The highest BCUT2D eigenvalue weighted by atomic mass is 79.9. The monoisotopic (exact) mass is 288 g/mol. The zero-order chi connectivity index (χ0) is 11.8. The Kier molecular flexibility index (Phi) is 6.37. The van der Waals surface area contributed by atoms with Gasteiger partial charge in [0.15, 0.2) is 0 Å². The molecule has 0 aliphatic carbocycles. The van der Waals surface area contributed by atoms with E-state index in [2.05, 4.69) is 21.2 Å². The Labute approximate surface area is 104 Å². The van der Waals surface area contributed by atoms with Crippen LogP contribution in [0.2, 0.25) is 0 Å². The molecule has 4 nitrogen and oxygen atoms in total. The fraction of sp³-hybridized carbons (Fsp3) is 0.545. The molecule has 0 saturated carbocycles. The number of rotatable bonds is 7. The first-order valence-electron chi connectivity index (χ1n) is 5.39. The van der Waals surface area contributed by atoms with E-state index in [1.54, 1.807) is 16.8 Å². The molecule has 0 spiro atoms. The molecule has 1 heterocycles. The predicted molar refractivity (Wildman–Crippen MR) is 67.8 cm³/mol. The summed E-state index contributed by atoms with van der Waals surface area (Å²) in [5, 5.41) is 3.22. The molecule has 0 bridgehead atoms. The molecule has 0 aliphatic heterocycles. The van der Waals surface area contributed by atoms with Gasteiger partial charge >= 0.3 is 0 Å². The number of nitrogens with zero attached hydrogens (tertiary/aromatic N) is 1. The number of hydrogen-bond acceptors (Lipinski definition) is 3. The lowest BCUT2D eigenvalue weighted by atomic mass is 10.4. The van der Waals surface area contributed by atoms with Crippen molar-refractivity contribution in [1.29, 1.82) is 0 Å². The topological polar surface area (TPSA) is 43.3 Å². The third-order valence-electron chi connectivity index (χ3n) is 2.13. The Bertz CT molecular complexity index is 365. The van der Waals surface area contributed by atoms with Gasteiger partial charge in [-0.15, -0.1) is 0 Å². The third kappa shape index (κ3) is 4.47. The van der Waals surface area contributed by atoms with E-state index in [0.29, 0.717) is 17.6 Å². The highest BCUT2D eigenvalue weighted by Crippen LogP contribution is 1.99. The van der Waals surface area contributed by atoms with Crippen molar-refractivity contribution in [2.24, 2.45) is 0 Å². The van der Waals surface area contributed by atoms with Crippen molar-refractivity contribution < 1.29 is 4.74 Å². The molecule has 0 radical (unpaired) electrons. The molecule has 1 rings (SSSR count). The maximum absolute atomic E-state index is 11.6. The van der Waals surface area contributed by atoms with Gasteiger partial charge in [-0.2, -0.15) is 0 Å². The molecule has 0 atom stereocenters. The molecule has 5 heteroatoms. The van der Waals surface area contributed by atoms with Crippen molar-refractivity contribution in [1.82, 2.24) is 9.88 Å². The van der Waals surface area contributed by atoms with Crippen LogP contribution in [0.4, 0.5) is 0 Å². The standard InChI is InChI=1S/C11H17BrN2O2/c1-2-16-9-6-13-5-8-14-7-3-4-10(12)11(14)15/h3-4,7,13H,2,5-6,8-9H2,1H3. The van der Waals surface area contributed by atoms with Gasteiger partial charge in [0.05, 0.1) is 11.1 Å². The summed E-state index contributed by atoms with van der Waals surface area (Å²) in [6, 6.07) is 3.60. The van der Waals surface area contributed by atoms with Crippen molar-refractivity contribution in [2.45, 2.75) is 13.5 Å². The fourth-order valence-electron chi connectivity index (χ4n) is 1.30. The van der Waals surface area contributed by atoms with Crippen LogP contribution in [-0.2, 0) is 11.3 Å². The van der Waals surface area contributed by atoms with Crippen molar-refractivity contribution in [3.05, 3.63) is 33.2 Å². The number of halogens is 1. The van der Waals surface area contributed by atoms with Crippen LogP contribution in [0, 0.1) is 0 Å². The van der Waals surface area contributed by atoms with Crippen LogP contribution in [0.15, 0.2) is 27.6 Å². The van der Waals surface area contributed by atoms with Crippen LogP contribution < -0.4 is 10.9 Å². The summed E-state index contributed by atoms with van der Waals surface area (Å²) in [5.74, 6) is 0. The summed E-state index contributed by atoms with van der Waals surface area (Å²) < 4.78 is 7.47. The number of ether oxygens (including phenoxy) is 1. The molecule has 0 amide bonds. The van der Waals surface area contributed by atoms with E-state index in [1.807, 2.05) is 13.0 Å². The first-order valence-corrected chi connectivity index (χ1v) is 6.18. The molecular formula is C11H17BrN2O2. The van der Waals surface area contributed by atoms with Gasteiger partial charge in [0.2, 0.25) is 0 Å². The zero-order valence-corrected chi connectivity index (χ0v) is 11.0. The van der Waals surface area contributed by atoms with Crippen molar-refractivity contribution >= 4 is 15.9 Å². The average Bonchev–Trinajstić information content (AvgIpc) is 2.29. The summed E-state index contributed by atoms with van der Waals surface area (Å²) in [6.07, 6.45) is 1.79. The van der Waals surface area contributed by atoms with E-state index in [4.69, 9.17) is 4.74 Å². The molecular weight excluding hydrogens is 272 g/mol. The Morgan fingerprint density at radius 3 is 3.06 bits per heavy atom. The van der Waals surface area contributed by atoms with E-state index in [0.717, 1.165) is 19.7 Å². The van der Waals surface area contributed by atoms with Crippen molar-refractivity contribution in [3.63, 3.8) is 0 Å². The number of aromatic nitrogens is 1. The maximum Gasteiger partial charge on any atom is 0.264 e. The van der Waals surface area contributed by atoms with E-state index in [9.17, 15) is 4.79 Å². The molecule has 0 aliphatic rings. The minimum Gasteiger partial charge on any atom is -0.380 e. The van der Waals surface area contributed by atoms with Crippen LogP contribution >= 0.6 is 15.9 Å². The van der Waals surface area contributed by atoms with E-state index < -0.39 is 0 Å². The summed E-state index contributed by atoms with van der Waals surface area (Å²) in [7, 11) is 0. The third-order valence-corrected chi connectivity index (χ3v) is 2.73. The van der Waals surface area contributed by atoms with Gasteiger partial charge in [-0.25, -0.2) is 0 Å². The normalized spacial score (nSPS) is 10.6. The van der Waals surface area contributed by atoms with Gasteiger partial charge in [0, 0.05) is 32.4 Å². The van der Waals surface area contributed by atoms with Crippen molar-refractivity contribution in [3.8, 4) is 0 Å². The smallest absolute Gasteiger partial charge is 0.264 e. The molecule has 0 saturated heterocycles. The largest absolute Gasteiger partial charge is 0.380 e. The van der Waals surface area contributed by atoms with Crippen LogP contribution in [-0.4, -0.2) is 30.9 Å². The number of hydrogen-bond donors (Lipinski definition) is 1. The molecule has 0 unspecified atom stereocenters. The van der Waals surface area contributed by atoms with Crippen LogP contribution in [0.5, 0.6) is 0 Å². The van der Waals surface area contributed by atoms with Gasteiger partial charge in [0.1, 0.15) is 0 Å². The second-order valence-electron chi connectivity index (χ2n) is 3.30. The van der Waals surface area contributed by atoms with Crippen LogP contribution in [0.25, 0.3) is 0 Å². The molecule has 0 aromatic carbocycles. The lowest BCUT2D eigenvalue weighted by Crippen LogP contribution is -2.28. The zero-order valence-electron chi connectivity index (χ0n) is 9.41. The fourth-order valence-corrected chi connectivity index (χ4v) is 1.68. The van der Waals surface area contributed by atoms with Crippen molar-refractivity contribution in [2.75, 3.05) is 26.3 Å². The Hall–Kier alpha value is -0.650. The lowest BCUT2D eigenvalue weighted by molar-refractivity contribution is 0.149. The Balaban J connectivity index is 2.27. The lowest BCUT2D eigenvalue weighted by Gasteiger charge is -2.07. The molecule has 1 aromatic heterocycles. The second kappa shape index (κ2) is 7.60. The highest BCUT2D eigenvalue weighted by molar-refractivity contribution is 9.10. The summed E-state index contributed by atoms with van der Waals surface area (Å²) in [5.41, 5.74) is 0.00843. The van der Waals surface area contributed by atoms with Gasteiger partial charge in [-0.3, -0.25) is 4.79 Å². The molecule has 1 aromatic rings. The quantitative estimate of drug-likeness (QED) is 0.768. The molecule has 16 heavy (non-hydrogen) atoms. The summed E-state index contributed by atoms with van der Waals surface area (Å²) in [4.78, 5) is 11.6. The highest BCUT2D eigenvalue weighted by Gasteiger charge is 1.98. The molecule has 0 fully saturated rings.